The number of para-hydroxylation sites is 2. The van der Waals surface area contributed by atoms with Crippen LogP contribution in [0.5, 0.6) is 0 Å². The van der Waals surface area contributed by atoms with Crippen LogP contribution in [0.1, 0.15) is 17.2 Å². The first-order valence-corrected chi connectivity index (χ1v) is 10.0. The fraction of sp³-hybridized carbons (Fsp3) is 0.409. The third kappa shape index (κ3) is 4.35. The van der Waals surface area contributed by atoms with E-state index in [1.165, 1.54) is 5.56 Å². The van der Waals surface area contributed by atoms with Crippen LogP contribution in [0.25, 0.3) is 0 Å². The standard InChI is InChI=1S/C22H28N4O2/c27-14-13-25-9-11-26(12-10-25)16-22(28)24-21-15-17-5-1-3-7-19(17)23-20-8-4-2-6-18(20)21/h1-8,21,23,27H,9-16H2,(H,24,28). The molecule has 2 aliphatic rings. The molecule has 0 saturated carbocycles. The molecule has 2 aliphatic heterocycles. The zero-order valence-corrected chi connectivity index (χ0v) is 16.1. The van der Waals surface area contributed by atoms with E-state index in [1.54, 1.807) is 0 Å². The van der Waals surface area contributed by atoms with Crippen molar-refractivity contribution in [2.45, 2.75) is 12.5 Å². The molecule has 2 heterocycles. The monoisotopic (exact) mass is 380 g/mol. The van der Waals surface area contributed by atoms with E-state index in [-0.39, 0.29) is 18.6 Å². The van der Waals surface area contributed by atoms with Crippen LogP contribution in [-0.4, -0.2) is 66.7 Å². The van der Waals surface area contributed by atoms with Crippen LogP contribution < -0.4 is 10.6 Å². The van der Waals surface area contributed by atoms with Crippen molar-refractivity contribution in [3.05, 3.63) is 59.7 Å². The summed E-state index contributed by atoms with van der Waals surface area (Å²) in [6.07, 6.45) is 0.774. The molecule has 1 atom stereocenters. The van der Waals surface area contributed by atoms with Crippen LogP contribution in [0.3, 0.4) is 0 Å². The number of β-amino-alcohol motifs (C(OH)–C–C–N with tert-alkyl or cyclic N) is 1. The quantitative estimate of drug-likeness (QED) is 0.738. The molecule has 1 unspecified atom stereocenters. The Balaban J connectivity index is 1.43. The van der Waals surface area contributed by atoms with Gasteiger partial charge in [0, 0.05) is 44.1 Å². The molecule has 6 nitrogen and oxygen atoms in total. The van der Waals surface area contributed by atoms with E-state index in [0.29, 0.717) is 13.1 Å². The summed E-state index contributed by atoms with van der Waals surface area (Å²) in [6.45, 7) is 4.84. The van der Waals surface area contributed by atoms with E-state index >= 15 is 0 Å². The van der Waals surface area contributed by atoms with Crippen molar-refractivity contribution in [2.75, 3.05) is 51.2 Å². The summed E-state index contributed by atoms with van der Waals surface area (Å²) < 4.78 is 0. The number of nitrogens with one attached hydrogen (secondary N) is 2. The third-order valence-corrected chi connectivity index (χ3v) is 5.63. The van der Waals surface area contributed by atoms with Crippen molar-refractivity contribution in [3.63, 3.8) is 0 Å². The largest absolute Gasteiger partial charge is 0.395 e. The Bertz CT molecular complexity index is 818. The molecule has 28 heavy (non-hydrogen) atoms. The molecule has 1 saturated heterocycles. The maximum absolute atomic E-state index is 12.8. The van der Waals surface area contributed by atoms with Gasteiger partial charge in [0.15, 0.2) is 0 Å². The number of nitrogens with zero attached hydrogens (tertiary/aromatic N) is 2. The summed E-state index contributed by atoms with van der Waals surface area (Å²) in [5, 5.41) is 15.8. The zero-order chi connectivity index (χ0) is 19.3. The van der Waals surface area contributed by atoms with Crippen molar-refractivity contribution in [3.8, 4) is 0 Å². The van der Waals surface area contributed by atoms with Gasteiger partial charge >= 0.3 is 0 Å². The normalized spacial score (nSPS) is 19.8. The highest BCUT2D eigenvalue weighted by Crippen LogP contribution is 2.34. The van der Waals surface area contributed by atoms with Crippen LogP contribution in [0.2, 0.25) is 0 Å². The second kappa shape index (κ2) is 8.73. The van der Waals surface area contributed by atoms with Gasteiger partial charge in [0.05, 0.1) is 19.2 Å². The number of rotatable bonds is 5. The molecule has 4 rings (SSSR count). The Morgan fingerprint density at radius 1 is 1.00 bits per heavy atom. The highest BCUT2D eigenvalue weighted by atomic mass is 16.3. The molecular weight excluding hydrogens is 352 g/mol. The Hall–Kier alpha value is -2.41. The second-order valence-electron chi connectivity index (χ2n) is 7.54. The maximum atomic E-state index is 12.8. The number of hydrogen-bond donors (Lipinski definition) is 3. The van der Waals surface area contributed by atoms with Crippen molar-refractivity contribution < 1.29 is 9.90 Å². The number of piperazine rings is 1. The van der Waals surface area contributed by atoms with E-state index in [1.807, 2.05) is 24.3 Å². The molecule has 2 aromatic rings. The smallest absolute Gasteiger partial charge is 0.234 e. The number of fused-ring (bicyclic) bond motifs is 2. The van der Waals surface area contributed by atoms with Gasteiger partial charge in [-0.1, -0.05) is 36.4 Å². The molecule has 3 N–H and O–H groups in total. The van der Waals surface area contributed by atoms with Gasteiger partial charge in [-0.3, -0.25) is 14.6 Å². The Morgan fingerprint density at radius 2 is 1.68 bits per heavy atom. The number of anilines is 2. The molecule has 0 aliphatic carbocycles. The van der Waals surface area contributed by atoms with E-state index in [2.05, 4.69) is 44.7 Å². The van der Waals surface area contributed by atoms with Gasteiger partial charge in [-0.05, 0) is 29.7 Å². The molecule has 2 aromatic carbocycles. The van der Waals surface area contributed by atoms with Crippen molar-refractivity contribution in [2.24, 2.45) is 0 Å². The topological polar surface area (TPSA) is 67.8 Å². The zero-order valence-electron chi connectivity index (χ0n) is 16.1. The predicted octanol–water partition coefficient (Wildman–Crippen LogP) is 1.75. The lowest BCUT2D eigenvalue weighted by Gasteiger charge is -2.34. The second-order valence-corrected chi connectivity index (χ2v) is 7.54. The van der Waals surface area contributed by atoms with E-state index < -0.39 is 0 Å². The Kier molecular flexibility index (Phi) is 5.90. The summed E-state index contributed by atoms with van der Waals surface area (Å²) in [4.78, 5) is 17.2. The summed E-state index contributed by atoms with van der Waals surface area (Å²) in [6, 6.07) is 16.4. The highest BCUT2D eigenvalue weighted by molar-refractivity contribution is 5.79. The Labute approximate surface area is 166 Å². The summed E-state index contributed by atoms with van der Waals surface area (Å²) in [5.74, 6) is 0.0646. The van der Waals surface area contributed by atoms with Gasteiger partial charge in [0.2, 0.25) is 5.91 Å². The van der Waals surface area contributed by atoms with Crippen LogP contribution in [0.15, 0.2) is 48.5 Å². The fourth-order valence-corrected chi connectivity index (χ4v) is 4.09. The minimum absolute atomic E-state index is 0.0458. The average molecular weight is 380 g/mol. The van der Waals surface area contributed by atoms with Gasteiger partial charge in [-0.25, -0.2) is 0 Å². The summed E-state index contributed by atoms with van der Waals surface area (Å²) in [5.41, 5.74) is 4.49. The molecule has 148 valence electrons. The van der Waals surface area contributed by atoms with Crippen LogP contribution >= 0.6 is 0 Å². The lowest BCUT2D eigenvalue weighted by molar-refractivity contribution is -0.123. The summed E-state index contributed by atoms with van der Waals surface area (Å²) >= 11 is 0. The SMILES string of the molecule is O=C(CN1CCN(CCO)CC1)NC1Cc2ccccc2Nc2ccccc21. The molecule has 1 amide bonds. The van der Waals surface area contributed by atoms with Crippen molar-refractivity contribution >= 4 is 17.3 Å². The van der Waals surface area contributed by atoms with E-state index in [4.69, 9.17) is 5.11 Å². The molecule has 0 bridgehead atoms. The van der Waals surface area contributed by atoms with Crippen molar-refractivity contribution in [1.29, 1.82) is 0 Å². The lowest BCUT2D eigenvalue weighted by Crippen LogP contribution is -2.50. The van der Waals surface area contributed by atoms with Crippen LogP contribution in [-0.2, 0) is 11.2 Å². The van der Waals surface area contributed by atoms with Crippen LogP contribution in [0.4, 0.5) is 11.4 Å². The molecule has 1 fully saturated rings. The van der Waals surface area contributed by atoms with Gasteiger partial charge < -0.3 is 15.7 Å². The van der Waals surface area contributed by atoms with Crippen molar-refractivity contribution in [1.82, 2.24) is 15.1 Å². The molecule has 0 radical (unpaired) electrons. The number of carbonyl (C=O) groups is 1. The predicted molar refractivity (Wildman–Crippen MR) is 111 cm³/mol. The fourth-order valence-electron chi connectivity index (χ4n) is 4.09. The van der Waals surface area contributed by atoms with E-state index in [9.17, 15) is 4.79 Å². The first kappa shape index (κ1) is 18.9. The lowest BCUT2D eigenvalue weighted by atomic mass is 9.99. The average Bonchev–Trinajstić information content (AvgIpc) is 2.86. The number of hydrogen-bond acceptors (Lipinski definition) is 5. The molecular formula is C22H28N4O2. The number of benzene rings is 2. The first-order chi connectivity index (χ1) is 13.7. The minimum atomic E-state index is -0.0458. The van der Waals surface area contributed by atoms with Gasteiger partial charge in [0.1, 0.15) is 0 Å². The van der Waals surface area contributed by atoms with Crippen LogP contribution in [0, 0.1) is 0 Å². The highest BCUT2D eigenvalue weighted by Gasteiger charge is 2.24. The maximum Gasteiger partial charge on any atom is 0.234 e. The van der Waals surface area contributed by atoms with E-state index in [0.717, 1.165) is 49.5 Å². The minimum Gasteiger partial charge on any atom is -0.395 e. The van der Waals surface area contributed by atoms with Gasteiger partial charge in [-0.15, -0.1) is 0 Å². The van der Waals surface area contributed by atoms with Gasteiger partial charge in [-0.2, -0.15) is 0 Å². The number of aliphatic hydroxyl groups is 1. The molecule has 0 spiro atoms. The third-order valence-electron chi connectivity index (χ3n) is 5.63. The first-order valence-electron chi connectivity index (χ1n) is 10.0. The molecule has 6 heteroatoms. The molecule has 0 aromatic heterocycles. The number of aliphatic hydroxyl groups excluding tert-OH is 1. The number of carbonyl (C=O) groups excluding carboxylic acids is 1. The summed E-state index contributed by atoms with van der Waals surface area (Å²) in [7, 11) is 0. The Morgan fingerprint density at radius 3 is 2.46 bits per heavy atom. The van der Waals surface area contributed by atoms with Gasteiger partial charge in [0.25, 0.3) is 0 Å². The number of amides is 1.